The highest BCUT2D eigenvalue weighted by Crippen LogP contribution is 2.29. The largest absolute Gasteiger partial charge is 0.493 e. The first-order valence-electron chi connectivity index (χ1n) is 6.84. The number of hydrogen-bond acceptors (Lipinski definition) is 5. The van der Waals surface area contributed by atoms with E-state index in [0.717, 1.165) is 5.69 Å². The maximum Gasteiger partial charge on any atom is 0.195 e. The minimum absolute atomic E-state index is 0. The van der Waals surface area contributed by atoms with Crippen LogP contribution < -0.4 is 20.1 Å². The van der Waals surface area contributed by atoms with Crippen molar-refractivity contribution in [3.05, 3.63) is 18.2 Å². The monoisotopic (exact) mass is 457 g/mol. The standard InChI is InChI=1S/C14H23N3O4S.HI/c1-5-15-14(16-8-9-22(4,18)19)17-11-6-7-12(20-2)13(10-11)21-3;/h6-7,10H,5,8-9H2,1-4H3,(H2,15,16,17);1H. The Bertz CT molecular complexity index is 620. The second-order valence-corrected chi connectivity index (χ2v) is 6.85. The van der Waals surface area contributed by atoms with Crippen LogP contribution in [0.15, 0.2) is 23.2 Å². The first-order chi connectivity index (χ1) is 10.4. The van der Waals surface area contributed by atoms with Crippen molar-refractivity contribution in [2.24, 2.45) is 4.99 Å². The van der Waals surface area contributed by atoms with Gasteiger partial charge in [-0.25, -0.2) is 8.42 Å². The molecule has 0 spiro atoms. The van der Waals surface area contributed by atoms with Crippen LogP contribution in [0.4, 0.5) is 5.69 Å². The molecule has 2 N–H and O–H groups in total. The second-order valence-electron chi connectivity index (χ2n) is 4.59. The molecule has 0 radical (unpaired) electrons. The second kappa shape index (κ2) is 10.5. The van der Waals surface area contributed by atoms with Crippen molar-refractivity contribution in [3.63, 3.8) is 0 Å². The van der Waals surface area contributed by atoms with Crippen LogP contribution in [0.1, 0.15) is 6.92 Å². The summed E-state index contributed by atoms with van der Waals surface area (Å²) in [6, 6.07) is 5.38. The predicted octanol–water partition coefficient (Wildman–Crippen LogP) is 1.74. The topological polar surface area (TPSA) is 89.0 Å². The number of nitrogens with zero attached hydrogens (tertiary/aromatic N) is 1. The van der Waals surface area contributed by atoms with Crippen LogP contribution in [0.5, 0.6) is 11.5 Å². The van der Waals surface area contributed by atoms with Gasteiger partial charge in [-0.15, -0.1) is 24.0 Å². The Balaban J connectivity index is 0.00000484. The molecule has 0 fully saturated rings. The molecule has 7 nitrogen and oxygen atoms in total. The van der Waals surface area contributed by atoms with Crippen LogP contribution in [-0.2, 0) is 9.84 Å². The average Bonchev–Trinajstić information content (AvgIpc) is 2.46. The number of rotatable bonds is 7. The molecule has 0 bridgehead atoms. The fourth-order valence-electron chi connectivity index (χ4n) is 1.68. The van der Waals surface area contributed by atoms with E-state index in [1.807, 2.05) is 13.0 Å². The number of benzene rings is 1. The molecule has 0 aliphatic carbocycles. The molecular formula is C14H24IN3O4S. The number of ether oxygens (including phenoxy) is 2. The van der Waals surface area contributed by atoms with Crippen LogP contribution >= 0.6 is 24.0 Å². The summed E-state index contributed by atoms with van der Waals surface area (Å²) in [7, 11) is 0.107. The van der Waals surface area contributed by atoms with Crippen LogP contribution in [0, 0.1) is 0 Å². The summed E-state index contributed by atoms with van der Waals surface area (Å²) in [6.45, 7) is 2.79. The van der Waals surface area contributed by atoms with Crippen molar-refractivity contribution < 1.29 is 17.9 Å². The Labute approximate surface area is 154 Å². The van der Waals surface area contributed by atoms with E-state index in [9.17, 15) is 8.42 Å². The molecule has 0 aromatic heterocycles. The van der Waals surface area contributed by atoms with Crippen molar-refractivity contribution in [1.82, 2.24) is 5.32 Å². The SMILES string of the molecule is CCNC(=NCCS(C)(=O)=O)Nc1ccc(OC)c(OC)c1.I. The lowest BCUT2D eigenvalue weighted by Gasteiger charge is -2.13. The molecule has 9 heteroatoms. The van der Waals surface area contributed by atoms with Gasteiger partial charge in [-0.05, 0) is 19.1 Å². The van der Waals surface area contributed by atoms with Crippen molar-refractivity contribution in [1.29, 1.82) is 0 Å². The highest BCUT2D eigenvalue weighted by molar-refractivity contribution is 14.0. The highest BCUT2D eigenvalue weighted by Gasteiger charge is 2.07. The number of anilines is 1. The van der Waals surface area contributed by atoms with Gasteiger partial charge in [-0.2, -0.15) is 0 Å². The first-order valence-corrected chi connectivity index (χ1v) is 8.90. The summed E-state index contributed by atoms with van der Waals surface area (Å²) < 4.78 is 32.7. The first kappa shape index (κ1) is 21.8. The van der Waals surface area contributed by atoms with Gasteiger partial charge in [0.1, 0.15) is 9.84 Å². The average molecular weight is 457 g/mol. The molecule has 132 valence electrons. The highest BCUT2D eigenvalue weighted by atomic mass is 127. The summed E-state index contributed by atoms with van der Waals surface area (Å²) in [4.78, 5) is 4.24. The zero-order chi connectivity index (χ0) is 16.6. The number of guanidine groups is 1. The van der Waals surface area contributed by atoms with E-state index in [2.05, 4.69) is 15.6 Å². The Morgan fingerprint density at radius 2 is 1.87 bits per heavy atom. The summed E-state index contributed by atoms with van der Waals surface area (Å²) in [5.74, 6) is 1.75. The normalized spacial score (nSPS) is 11.4. The van der Waals surface area contributed by atoms with Crippen molar-refractivity contribution in [2.75, 3.05) is 44.6 Å². The summed E-state index contributed by atoms with van der Waals surface area (Å²) in [5, 5.41) is 6.16. The van der Waals surface area contributed by atoms with Crippen LogP contribution in [-0.4, -0.2) is 53.7 Å². The molecule has 1 rings (SSSR count). The maximum absolute atomic E-state index is 11.1. The van der Waals surface area contributed by atoms with Crippen LogP contribution in [0.25, 0.3) is 0 Å². The molecule has 0 saturated carbocycles. The maximum atomic E-state index is 11.1. The van der Waals surface area contributed by atoms with E-state index in [-0.39, 0.29) is 36.3 Å². The van der Waals surface area contributed by atoms with Gasteiger partial charge in [0.2, 0.25) is 0 Å². The van der Waals surface area contributed by atoms with Gasteiger partial charge in [-0.1, -0.05) is 0 Å². The molecule has 0 amide bonds. The lowest BCUT2D eigenvalue weighted by Crippen LogP contribution is -2.31. The zero-order valence-electron chi connectivity index (χ0n) is 13.8. The lowest BCUT2D eigenvalue weighted by molar-refractivity contribution is 0.355. The quantitative estimate of drug-likeness (QED) is 0.369. The molecule has 0 saturated heterocycles. The smallest absolute Gasteiger partial charge is 0.195 e. The molecular weight excluding hydrogens is 433 g/mol. The number of nitrogens with one attached hydrogen (secondary N) is 2. The molecule has 0 aliphatic heterocycles. The number of sulfone groups is 1. The Kier molecular flexibility index (Phi) is 9.96. The summed E-state index contributed by atoms with van der Waals surface area (Å²) in [6.07, 6.45) is 1.19. The van der Waals surface area contributed by atoms with Crippen LogP contribution in [0.3, 0.4) is 0 Å². The van der Waals surface area contributed by atoms with E-state index in [1.165, 1.54) is 6.26 Å². The molecule has 0 unspecified atom stereocenters. The third-order valence-electron chi connectivity index (χ3n) is 2.72. The van der Waals surface area contributed by atoms with E-state index < -0.39 is 9.84 Å². The van der Waals surface area contributed by atoms with Gasteiger partial charge in [0.05, 0.1) is 26.5 Å². The summed E-state index contributed by atoms with van der Waals surface area (Å²) in [5.41, 5.74) is 0.761. The fourth-order valence-corrected chi connectivity index (χ4v) is 2.10. The number of halogens is 1. The van der Waals surface area contributed by atoms with E-state index in [1.54, 1.807) is 26.4 Å². The van der Waals surface area contributed by atoms with Gasteiger partial charge >= 0.3 is 0 Å². The van der Waals surface area contributed by atoms with Gasteiger partial charge in [0.15, 0.2) is 17.5 Å². The van der Waals surface area contributed by atoms with Crippen molar-refractivity contribution in [2.45, 2.75) is 6.92 Å². The van der Waals surface area contributed by atoms with Gasteiger partial charge in [0, 0.05) is 24.6 Å². The molecule has 23 heavy (non-hydrogen) atoms. The van der Waals surface area contributed by atoms with Gasteiger partial charge in [0.25, 0.3) is 0 Å². The van der Waals surface area contributed by atoms with Crippen molar-refractivity contribution >= 4 is 45.5 Å². The van der Waals surface area contributed by atoms with E-state index >= 15 is 0 Å². The van der Waals surface area contributed by atoms with E-state index in [4.69, 9.17) is 9.47 Å². The third-order valence-corrected chi connectivity index (χ3v) is 3.65. The summed E-state index contributed by atoms with van der Waals surface area (Å²) >= 11 is 0. The molecule has 0 atom stereocenters. The Morgan fingerprint density at radius 3 is 2.39 bits per heavy atom. The Morgan fingerprint density at radius 1 is 1.22 bits per heavy atom. The fraction of sp³-hybridized carbons (Fsp3) is 0.500. The minimum Gasteiger partial charge on any atom is -0.493 e. The van der Waals surface area contributed by atoms with E-state index in [0.29, 0.717) is 24.0 Å². The van der Waals surface area contributed by atoms with Gasteiger partial charge < -0.3 is 20.1 Å². The lowest BCUT2D eigenvalue weighted by atomic mass is 10.3. The predicted molar refractivity (Wildman–Crippen MR) is 104 cm³/mol. The van der Waals surface area contributed by atoms with Gasteiger partial charge in [-0.3, -0.25) is 4.99 Å². The zero-order valence-corrected chi connectivity index (χ0v) is 16.9. The number of aliphatic imine (C=N–C) groups is 1. The van der Waals surface area contributed by atoms with Crippen LogP contribution in [0.2, 0.25) is 0 Å². The van der Waals surface area contributed by atoms with Crippen molar-refractivity contribution in [3.8, 4) is 11.5 Å². The number of hydrogen-bond donors (Lipinski definition) is 2. The molecule has 1 aromatic rings. The molecule has 1 aromatic carbocycles. The third kappa shape index (κ3) is 8.26. The molecule has 0 heterocycles. The minimum atomic E-state index is -3.03. The molecule has 0 aliphatic rings. The Hall–Kier alpha value is -1.23. The number of methoxy groups -OCH3 is 2.